The Labute approximate surface area is 98.3 Å². The van der Waals surface area contributed by atoms with Crippen LogP contribution >= 0.6 is 0 Å². The summed E-state index contributed by atoms with van der Waals surface area (Å²) in [4.78, 5) is 4.69. The molecule has 0 radical (unpaired) electrons. The van der Waals surface area contributed by atoms with Gasteiger partial charge in [0.1, 0.15) is 0 Å². The minimum atomic E-state index is 0.711. The van der Waals surface area contributed by atoms with Gasteiger partial charge in [0, 0.05) is 17.8 Å². The Bertz CT molecular complexity index is 390. The lowest BCUT2D eigenvalue weighted by Gasteiger charge is -2.28. The van der Waals surface area contributed by atoms with Crippen molar-refractivity contribution in [1.29, 1.82) is 0 Å². The lowest BCUT2D eigenvalue weighted by atomic mass is 9.78. The number of aromatic nitrogens is 1. The summed E-state index contributed by atoms with van der Waals surface area (Å²) in [6, 6.07) is 2.28. The van der Waals surface area contributed by atoms with Crippen LogP contribution in [0.25, 0.3) is 0 Å². The molecule has 0 saturated heterocycles. The molecule has 0 spiro atoms. The van der Waals surface area contributed by atoms with Crippen molar-refractivity contribution in [3.8, 4) is 0 Å². The molecule has 3 rings (SSSR count). The van der Waals surface area contributed by atoms with E-state index < -0.39 is 0 Å². The van der Waals surface area contributed by atoms with Crippen LogP contribution in [-0.2, 0) is 6.42 Å². The maximum Gasteiger partial charge on any atom is 0.0471 e. The molecular formula is C15H21N. The first-order valence-electron chi connectivity index (χ1n) is 6.75. The zero-order chi connectivity index (χ0) is 11.1. The van der Waals surface area contributed by atoms with Crippen LogP contribution in [0.4, 0.5) is 0 Å². The summed E-state index contributed by atoms with van der Waals surface area (Å²) in [7, 11) is 0. The Balaban J connectivity index is 2.04. The fourth-order valence-corrected chi connectivity index (χ4v) is 3.18. The van der Waals surface area contributed by atoms with Crippen molar-refractivity contribution in [2.24, 2.45) is 5.92 Å². The van der Waals surface area contributed by atoms with Gasteiger partial charge in [0.25, 0.3) is 0 Å². The molecule has 2 aliphatic carbocycles. The SMILES string of the molecule is CC(C)C1CCCc2c(C3CC3)ccnc21. The van der Waals surface area contributed by atoms with E-state index in [1.165, 1.54) is 37.8 Å². The molecule has 16 heavy (non-hydrogen) atoms. The third-order valence-corrected chi connectivity index (χ3v) is 4.24. The highest BCUT2D eigenvalue weighted by Crippen LogP contribution is 2.45. The first-order chi connectivity index (χ1) is 7.77. The Morgan fingerprint density at radius 1 is 1.25 bits per heavy atom. The standard InChI is InChI=1S/C15H21N/c1-10(2)12-4-3-5-14-13(11-6-7-11)8-9-16-15(12)14/h8-12H,3-7H2,1-2H3. The van der Waals surface area contributed by atoms with Gasteiger partial charge in [0.15, 0.2) is 0 Å². The van der Waals surface area contributed by atoms with Gasteiger partial charge in [-0.25, -0.2) is 0 Å². The second kappa shape index (κ2) is 3.87. The van der Waals surface area contributed by atoms with E-state index in [4.69, 9.17) is 4.98 Å². The average molecular weight is 215 g/mol. The van der Waals surface area contributed by atoms with Gasteiger partial charge in [-0.05, 0) is 61.1 Å². The van der Waals surface area contributed by atoms with E-state index in [1.807, 2.05) is 6.20 Å². The maximum absolute atomic E-state index is 4.69. The Morgan fingerprint density at radius 2 is 2.06 bits per heavy atom. The zero-order valence-corrected chi connectivity index (χ0v) is 10.4. The van der Waals surface area contributed by atoms with Crippen LogP contribution in [0.15, 0.2) is 12.3 Å². The second-order valence-corrected chi connectivity index (χ2v) is 5.78. The quantitative estimate of drug-likeness (QED) is 0.725. The number of hydrogen-bond donors (Lipinski definition) is 0. The summed E-state index contributed by atoms with van der Waals surface area (Å²) in [5, 5.41) is 0. The number of hydrogen-bond acceptors (Lipinski definition) is 1. The Kier molecular flexibility index (Phi) is 2.49. The maximum atomic E-state index is 4.69. The molecule has 1 fully saturated rings. The molecule has 2 aliphatic rings. The van der Waals surface area contributed by atoms with Crippen LogP contribution in [-0.4, -0.2) is 4.98 Å². The highest BCUT2D eigenvalue weighted by atomic mass is 14.7. The molecule has 1 aromatic heterocycles. The molecule has 0 aliphatic heterocycles. The monoisotopic (exact) mass is 215 g/mol. The van der Waals surface area contributed by atoms with Gasteiger partial charge < -0.3 is 0 Å². The first kappa shape index (κ1) is 10.3. The summed E-state index contributed by atoms with van der Waals surface area (Å²) >= 11 is 0. The van der Waals surface area contributed by atoms with Gasteiger partial charge in [-0.2, -0.15) is 0 Å². The van der Waals surface area contributed by atoms with Crippen molar-refractivity contribution >= 4 is 0 Å². The molecule has 0 amide bonds. The van der Waals surface area contributed by atoms with Crippen molar-refractivity contribution in [1.82, 2.24) is 4.98 Å². The van der Waals surface area contributed by atoms with Crippen molar-refractivity contribution in [3.63, 3.8) is 0 Å². The molecule has 1 saturated carbocycles. The highest BCUT2D eigenvalue weighted by molar-refractivity contribution is 5.38. The van der Waals surface area contributed by atoms with Crippen LogP contribution in [0.1, 0.15) is 68.2 Å². The zero-order valence-electron chi connectivity index (χ0n) is 10.4. The fourth-order valence-electron chi connectivity index (χ4n) is 3.18. The van der Waals surface area contributed by atoms with Gasteiger partial charge in [0.05, 0.1) is 0 Å². The second-order valence-electron chi connectivity index (χ2n) is 5.78. The number of pyridine rings is 1. The summed E-state index contributed by atoms with van der Waals surface area (Å²) in [5.74, 6) is 2.33. The Morgan fingerprint density at radius 3 is 2.75 bits per heavy atom. The van der Waals surface area contributed by atoms with Gasteiger partial charge in [-0.15, -0.1) is 0 Å². The molecule has 0 N–H and O–H groups in total. The van der Waals surface area contributed by atoms with Gasteiger partial charge >= 0.3 is 0 Å². The first-order valence-corrected chi connectivity index (χ1v) is 6.75. The molecule has 1 heteroatoms. The topological polar surface area (TPSA) is 12.9 Å². The largest absolute Gasteiger partial charge is 0.261 e. The number of fused-ring (bicyclic) bond motifs is 1. The van der Waals surface area contributed by atoms with E-state index in [-0.39, 0.29) is 0 Å². The van der Waals surface area contributed by atoms with E-state index in [2.05, 4.69) is 19.9 Å². The van der Waals surface area contributed by atoms with E-state index >= 15 is 0 Å². The number of rotatable bonds is 2. The molecule has 1 nitrogen and oxygen atoms in total. The smallest absolute Gasteiger partial charge is 0.0471 e. The van der Waals surface area contributed by atoms with E-state index in [0.717, 1.165) is 11.8 Å². The van der Waals surface area contributed by atoms with Crippen LogP contribution < -0.4 is 0 Å². The molecular weight excluding hydrogens is 194 g/mol. The Hall–Kier alpha value is -0.850. The molecule has 86 valence electrons. The molecule has 1 atom stereocenters. The average Bonchev–Trinajstić information content (AvgIpc) is 3.11. The molecule has 0 bridgehead atoms. The summed E-state index contributed by atoms with van der Waals surface area (Å²) < 4.78 is 0. The van der Waals surface area contributed by atoms with Crippen LogP contribution in [0, 0.1) is 5.92 Å². The summed E-state index contributed by atoms with van der Waals surface area (Å²) in [6.07, 6.45) is 8.84. The van der Waals surface area contributed by atoms with Gasteiger partial charge in [-0.3, -0.25) is 4.98 Å². The molecule has 1 unspecified atom stereocenters. The van der Waals surface area contributed by atoms with Crippen LogP contribution in [0.2, 0.25) is 0 Å². The minimum absolute atomic E-state index is 0.711. The van der Waals surface area contributed by atoms with E-state index in [9.17, 15) is 0 Å². The lowest BCUT2D eigenvalue weighted by Crippen LogP contribution is -2.17. The van der Waals surface area contributed by atoms with Crippen LogP contribution in [0.3, 0.4) is 0 Å². The van der Waals surface area contributed by atoms with E-state index in [0.29, 0.717) is 5.92 Å². The van der Waals surface area contributed by atoms with Crippen molar-refractivity contribution in [2.75, 3.05) is 0 Å². The lowest BCUT2D eigenvalue weighted by molar-refractivity contribution is 0.422. The number of nitrogens with zero attached hydrogens (tertiary/aromatic N) is 1. The highest BCUT2D eigenvalue weighted by Gasteiger charge is 2.31. The van der Waals surface area contributed by atoms with E-state index in [1.54, 1.807) is 11.1 Å². The molecule has 1 heterocycles. The van der Waals surface area contributed by atoms with Crippen molar-refractivity contribution in [3.05, 3.63) is 29.1 Å². The molecule has 1 aromatic rings. The van der Waals surface area contributed by atoms with Crippen molar-refractivity contribution in [2.45, 2.75) is 57.8 Å². The summed E-state index contributed by atoms with van der Waals surface area (Å²) in [5.41, 5.74) is 4.69. The predicted octanol–water partition coefficient (Wildman–Crippen LogP) is 4.03. The predicted molar refractivity (Wildman–Crippen MR) is 66.7 cm³/mol. The molecule has 0 aromatic carbocycles. The third kappa shape index (κ3) is 1.66. The van der Waals surface area contributed by atoms with Gasteiger partial charge in [0.2, 0.25) is 0 Å². The minimum Gasteiger partial charge on any atom is -0.261 e. The third-order valence-electron chi connectivity index (χ3n) is 4.24. The normalized spacial score (nSPS) is 24.6. The van der Waals surface area contributed by atoms with Gasteiger partial charge in [-0.1, -0.05) is 13.8 Å². The van der Waals surface area contributed by atoms with Crippen LogP contribution in [0.5, 0.6) is 0 Å². The fraction of sp³-hybridized carbons (Fsp3) is 0.667. The van der Waals surface area contributed by atoms with Crippen molar-refractivity contribution < 1.29 is 0 Å². The summed E-state index contributed by atoms with van der Waals surface area (Å²) in [6.45, 7) is 4.68.